The van der Waals surface area contributed by atoms with Crippen LogP contribution < -0.4 is 15.5 Å². The predicted octanol–water partition coefficient (Wildman–Crippen LogP) is 8.33. The molecule has 3 aromatic carbocycles. The minimum Gasteiger partial charge on any atom is -0.396 e. The zero-order chi connectivity index (χ0) is 35.0. The minimum absolute atomic E-state index is 0.0807. The number of aliphatic hydroxyl groups is 1. The molecule has 0 spiro atoms. The van der Waals surface area contributed by atoms with Crippen LogP contribution in [0.3, 0.4) is 0 Å². The van der Waals surface area contributed by atoms with Gasteiger partial charge in [0.15, 0.2) is 0 Å². The molecule has 1 aliphatic heterocycles. The fourth-order valence-corrected chi connectivity index (χ4v) is 6.65. The Balaban J connectivity index is 1.38. The number of aromatic nitrogens is 1. The highest BCUT2D eigenvalue weighted by atomic mass is 32.2. The van der Waals surface area contributed by atoms with E-state index in [1.807, 2.05) is 36.4 Å². The number of piperidine rings is 1. The zero-order valence-corrected chi connectivity index (χ0v) is 28.5. The Hall–Kier alpha value is -4.35. The number of hydrogen-bond donors (Lipinski definition) is 3. The second kappa shape index (κ2) is 15.9. The third-order valence-electron chi connectivity index (χ3n) is 8.51. The highest BCUT2D eigenvalue weighted by Gasteiger charge is 2.30. The molecule has 0 saturated carbocycles. The Morgan fingerprint density at radius 1 is 0.878 bits per heavy atom. The number of anilines is 2. The number of nitrogens with zero attached hydrogens (tertiary/aromatic N) is 2. The average molecular weight is 691 g/mol. The second-order valence-electron chi connectivity index (χ2n) is 12.8. The van der Waals surface area contributed by atoms with Gasteiger partial charge < -0.3 is 20.6 Å². The first kappa shape index (κ1) is 35.9. The van der Waals surface area contributed by atoms with Gasteiger partial charge in [-0.15, -0.1) is 0 Å². The van der Waals surface area contributed by atoms with E-state index < -0.39 is 17.6 Å². The number of pyridine rings is 1. The molecular formula is C38H41F3N4O3S. The topological polar surface area (TPSA) is 94.6 Å². The van der Waals surface area contributed by atoms with Gasteiger partial charge in [0.1, 0.15) is 0 Å². The fourth-order valence-electron chi connectivity index (χ4n) is 5.68. The van der Waals surface area contributed by atoms with E-state index in [2.05, 4.69) is 34.4 Å². The number of amides is 2. The first-order chi connectivity index (χ1) is 23.4. The summed E-state index contributed by atoms with van der Waals surface area (Å²) in [6.45, 7) is 6.03. The van der Waals surface area contributed by atoms with Gasteiger partial charge in [-0.3, -0.25) is 14.6 Å². The Morgan fingerprint density at radius 2 is 1.61 bits per heavy atom. The molecule has 258 valence electrons. The molecule has 3 N–H and O–H groups in total. The SMILES string of the molecule is CC(C)(CCO)SCc1cccc(C(=O)Nc2ccc(N3CCCCC3)cc2-c2cc(C(=O)NCc3cccc(C(F)(F)F)c3)ccn2)c1. The van der Waals surface area contributed by atoms with E-state index in [4.69, 9.17) is 0 Å². The molecule has 0 atom stereocenters. The molecule has 2 heterocycles. The molecule has 1 fully saturated rings. The maximum Gasteiger partial charge on any atom is 0.416 e. The quantitative estimate of drug-likeness (QED) is 0.138. The first-order valence-electron chi connectivity index (χ1n) is 16.4. The van der Waals surface area contributed by atoms with Gasteiger partial charge in [0.05, 0.1) is 16.9 Å². The summed E-state index contributed by atoms with van der Waals surface area (Å²) in [5, 5.41) is 15.1. The summed E-state index contributed by atoms with van der Waals surface area (Å²) in [7, 11) is 0. The number of hydrogen-bond acceptors (Lipinski definition) is 6. The van der Waals surface area contributed by atoms with Gasteiger partial charge in [0.2, 0.25) is 0 Å². The Morgan fingerprint density at radius 3 is 2.37 bits per heavy atom. The fraction of sp³-hybridized carbons (Fsp3) is 0.342. The molecule has 1 saturated heterocycles. The lowest BCUT2D eigenvalue weighted by Gasteiger charge is -2.29. The van der Waals surface area contributed by atoms with E-state index in [0.29, 0.717) is 40.2 Å². The lowest BCUT2D eigenvalue weighted by Crippen LogP contribution is -2.29. The summed E-state index contributed by atoms with van der Waals surface area (Å²) >= 11 is 1.72. The molecule has 4 aromatic rings. The smallest absolute Gasteiger partial charge is 0.396 e. The zero-order valence-electron chi connectivity index (χ0n) is 27.6. The molecule has 1 aromatic heterocycles. The van der Waals surface area contributed by atoms with Crippen molar-refractivity contribution < 1.29 is 27.9 Å². The van der Waals surface area contributed by atoms with Gasteiger partial charge >= 0.3 is 6.18 Å². The maximum absolute atomic E-state index is 13.6. The highest BCUT2D eigenvalue weighted by molar-refractivity contribution is 7.99. The number of carbonyl (C=O) groups is 2. The van der Waals surface area contributed by atoms with Crippen LogP contribution in [0, 0.1) is 0 Å². The van der Waals surface area contributed by atoms with Crippen molar-refractivity contribution in [3.63, 3.8) is 0 Å². The van der Waals surface area contributed by atoms with Crippen LogP contribution in [-0.4, -0.2) is 46.3 Å². The van der Waals surface area contributed by atoms with Crippen molar-refractivity contribution >= 4 is 35.0 Å². The van der Waals surface area contributed by atoms with Crippen molar-refractivity contribution in [1.82, 2.24) is 10.3 Å². The number of halogens is 3. The summed E-state index contributed by atoms with van der Waals surface area (Å²) < 4.78 is 39.4. The van der Waals surface area contributed by atoms with Gasteiger partial charge in [0, 0.05) is 65.3 Å². The molecule has 11 heteroatoms. The van der Waals surface area contributed by atoms with Crippen LogP contribution in [0.2, 0.25) is 0 Å². The Labute approximate surface area is 289 Å². The Kier molecular flexibility index (Phi) is 11.7. The molecule has 7 nitrogen and oxygen atoms in total. The van der Waals surface area contributed by atoms with Crippen LogP contribution in [0.15, 0.2) is 85.1 Å². The molecule has 5 rings (SSSR count). The van der Waals surface area contributed by atoms with E-state index >= 15 is 0 Å². The Bertz CT molecular complexity index is 1770. The molecule has 2 amide bonds. The van der Waals surface area contributed by atoms with Crippen LogP contribution in [0.1, 0.15) is 76.9 Å². The molecule has 0 bridgehead atoms. The predicted molar refractivity (Wildman–Crippen MR) is 190 cm³/mol. The van der Waals surface area contributed by atoms with E-state index in [1.165, 1.54) is 24.8 Å². The summed E-state index contributed by atoms with van der Waals surface area (Å²) in [5.41, 5.74) is 3.96. The summed E-state index contributed by atoms with van der Waals surface area (Å²) in [6, 6.07) is 21.3. The van der Waals surface area contributed by atoms with E-state index in [9.17, 15) is 27.9 Å². The minimum atomic E-state index is -4.48. The van der Waals surface area contributed by atoms with E-state index in [0.717, 1.165) is 49.3 Å². The number of benzene rings is 3. The molecule has 49 heavy (non-hydrogen) atoms. The molecule has 0 radical (unpaired) electrons. The lowest BCUT2D eigenvalue weighted by molar-refractivity contribution is -0.137. The number of aliphatic hydroxyl groups excluding tert-OH is 1. The van der Waals surface area contributed by atoms with Crippen LogP contribution in [0.5, 0.6) is 0 Å². The highest BCUT2D eigenvalue weighted by Crippen LogP contribution is 2.34. The third kappa shape index (κ3) is 9.86. The third-order valence-corrected chi connectivity index (χ3v) is 9.97. The van der Waals surface area contributed by atoms with Crippen LogP contribution in [-0.2, 0) is 18.5 Å². The van der Waals surface area contributed by atoms with Crippen molar-refractivity contribution in [2.45, 2.75) is 62.8 Å². The standard InChI is InChI=1S/C38H41F3N4O3S/c1-37(2,15-19-46)49-25-27-9-6-10-28(20-27)36(48)44-33-13-12-31(45-17-4-3-5-18-45)23-32(33)34-22-29(14-16-42-34)35(47)43-24-26-8-7-11-30(21-26)38(39,40)41/h6-14,16,20-23,46H,3-5,15,17-19,24-25H2,1-2H3,(H,43,47)(H,44,48). The first-order valence-corrected chi connectivity index (χ1v) is 17.4. The number of carbonyl (C=O) groups excluding carboxylic acids is 2. The average Bonchev–Trinajstić information content (AvgIpc) is 3.10. The summed E-state index contributed by atoms with van der Waals surface area (Å²) in [6.07, 6.45) is 1.04. The maximum atomic E-state index is 13.6. The van der Waals surface area contributed by atoms with Gasteiger partial charge in [-0.2, -0.15) is 24.9 Å². The van der Waals surface area contributed by atoms with Crippen LogP contribution in [0.25, 0.3) is 11.3 Å². The van der Waals surface area contributed by atoms with Crippen molar-refractivity contribution in [3.8, 4) is 11.3 Å². The normalized spacial score (nSPS) is 13.6. The number of alkyl halides is 3. The van der Waals surface area contributed by atoms with Crippen molar-refractivity contribution in [3.05, 3.63) is 113 Å². The number of nitrogens with one attached hydrogen (secondary N) is 2. The van der Waals surface area contributed by atoms with Gasteiger partial charge in [-0.05, 0) is 91.4 Å². The van der Waals surface area contributed by atoms with Crippen molar-refractivity contribution in [2.24, 2.45) is 0 Å². The van der Waals surface area contributed by atoms with Crippen molar-refractivity contribution in [2.75, 3.05) is 29.9 Å². The van der Waals surface area contributed by atoms with E-state index in [-0.39, 0.29) is 29.4 Å². The molecule has 1 aliphatic rings. The molecule has 0 unspecified atom stereocenters. The van der Waals surface area contributed by atoms with Crippen LogP contribution in [0.4, 0.5) is 24.5 Å². The van der Waals surface area contributed by atoms with Crippen LogP contribution >= 0.6 is 11.8 Å². The van der Waals surface area contributed by atoms with Gasteiger partial charge in [-0.1, -0.05) is 38.1 Å². The largest absolute Gasteiger partial charge is 0.416 e. The van der Waals surface area contributed by atoms with Gasteiger partial charge in [0.25, 0.3) is 11.8 Å². The monoisotopic (exact) mass is 690 g/mol. The second-order valence-corrected chi connectivity index (χ2v) is 14.4. The number of rotatable bonds is 12. The van der Waals surface area contributed by atoms with Gasteiger partial charge in [-0.25, -0.2) is 0 Å². The number of thioether (sulfide) groups is 1. The molecular weight excluding hydrogens is 650 g/mol. The van der Waals surface area contributed by atoms with E-state index in [1.54, 1.807) is 30.0 Å². The van der Waals surface area contributed by atoms with Crippen molar-refractivity contribution in [1.29, 1.82) is 0 Å². The summed E-state index contributed by atoms with van der Waals surface area (Å²) in [5.74, 6) is -0.0599. The summed E-state index contributed by atoms with van der Waals surface area (Å²) in [4.78, 5) is 33.6. The molecule has 0 aliphatic carbocycles. The lowest BCUT2D eigenvalue weighted by atomic mass is 10.0.